The van der Waals surface area contributed by atoms with Gasteiger partial charge in [-0.3, -0.25) is 4.79 Å². The van der Waals surface area contributed by atoms with Crippen LogP contribution in [0.25, 0.3) is 0 Å². The molecule has 0 spiro atoms. The van der Waals surface area contributed by atoms with Crippen molar-refractivity contribution in [2.24, 2.45) is 0 Å². The summed E-state index contributed by atoms with van der Waals surface area (Å²) in [5, 5.41) is 12.4. The first kappa shape index (κ1) is 19.2. The van der Waals surface area contributed by atoms with Crippen LogP contribution in [0.2, 0.25) is 0 Å². The molecule has 0 radical (unpaired) electrons. The molecule has 2 rings (SSSR count). The van der Waals surface area contributed by atoms with E-state index >= 15 is 0 Å². The number of hydrogen-bond donors (Lipinski definition) is 2. The van der Waals surface area contributed by atoms with Crippen molar-refractivity contribution < 1.29 is 28.9 Å². The van der Waals surface area contributed by atoms with E-state index in [9.17, 15) is 14.7 Å². The molecule has 0 saturated carbocycles. The van der Waals surface area contributed by atoms with E-state index in [1.54, 1.807) is 14.0 Å². The van der Waals surface area contributed by atoms with Crippen LogP contribution >= 0.6 is 0 Å². The third kappa shape index (κ3) is 5.18. The number of aromatic nitrogens is 1. The summed E-state index contributed by atoms with van der Waals surface area (Å²) in [6.45, 7) is 2.17. The van der Waals surface area contributed by atoms with Crippen molar-refractivity contribution in [3.8, 4) is 11.5 Å². The molecule has 1 atom stereocenters. The zero-order valence-electron chi connectivity index (χ0n) is 14.7. The normalized spacial score (nSPS) is 11.5. The number of anilines is 1. The highest BCUT2D eigenvalue weighted by atomic mass is 16.5. The van der Waals surface area contributed by atoms with Crippen LogP contribution in [0.4, 0.5) is 5.82 Å². The molecule has 26 heavy (non-hydrogen) atoms. The van der Waals surface area contributed by atoms with Gasteiger partial charge in [0.2, 0.25) is 0 Å². The van der Waals surface area contributed by atoms with E-state index in [1.165, 1.54) is 43.6 Å². The van der Waals surface area contributed by atoms with Crippen LogP contribution in [-0.4, -0.2) is 48.9 Å². The van der Waals surface area contributed by atoms with Crippen molar-refractivity contribution in [2.45, 2.75) is 13.0 Å². The predicted molar refractivity (Wildman–Crippen MR) is 93.6 cm³/mol. The number of phenols is 1. The number of nitrogens with one attached hydrogen (secondary N) is 1. The molecule has 2 aromatic rings. The van der Waals surface area contributed by atoms with Crippen molar-refractivity contribution >= 4 is 17.7 Å². The second-order valence-corrected chi connectivity index (χ2v) is 5.48. The number of pyridine rings is 1. The van der Waals surface area contributed by atoms with Gasteiger partial charge in [0.25, 0.3) is 5.91 Å². The van der Waals surface area contributed by atoms with Crippen LogP contribution in [0.15, 0.2) is 36.5 Å². The first-order valence-electron chi connectivity index (χ1n) is 7.78. The smallest absolute Gasteiger partial charge is 0.339 e. The van der Waals surface area contributed by atoms with Gasteiger partial charge in [0.15, 0.2) is 0 Å². The maximum atomic E-state index is 12.4. The summed E-state index contributed by atoms with van der Waals surface area (Å²) in [5.41, 5.74) is 0.467. The Bertz CT molecular complexity index is 776. The van der Waals surface area contributed by atoms with Gasteiger partial charge in [-0.15, -0.1) is 0 Å². The van der Waals surface area contributed by atoms with E-state index in [4.69, 9.17) is 9.47 Å². The van der Waals surface area contributed by atoms with Gasteiger partial charge in [0, 0.05) is 24.9 Å². The Morgan fingerprint density at radius 3 is 2.58 bits per heavy atom. The highest BCUT2D eigenvalue weighted by molar-refractivity contribution is 6.04. The van der Waals surface area contributed by atoms with Gasteiger partial charge < -0.3 is 24.6 Å². The standard InChI is InChI=1S/C18H20N2O6/c1-11(10-24-2)26-15-7-13(6-14(21)8-15)17(22)20-16-5-4-12(9-19-16)18(23)25-3/h4-9,11,21H,10H2,1-3H3,(H,19,20,22)/t11-/m0/s1. The molecular weight excluding hydrogens is 340 g/mol. The molecular formula is C18H20N2O6. The number of nitrogens with zero attached hydrogens (tertiary/aromatic N) is 1. The molecule has 2 N–H and O–H groups in total. The number of carbonyl (C=O) groups is 2. The number of methoxy groups -OCH3 is 2. The minimum atomic E-state index is -0.518. The zero-order valence-corrected chi connectivity index (χ0v) is 14.7. The van der Waals surface area contributed by atoms with Crippen molar-refractivity contribution in [3.05, 3.63) is 47.7 Å². The van der Waals surface area contributed by atoms with Crippen molar-refractivity contribution in [3.63, 3.8) is 0 Å². The van der Waals surface area contributed by atoms with Gasteiger partial charge in [-0.1, -0.05) is 0 Å². The van der Waals surface area contributed by atoms with E-state index in [0.717, 1.165) is 0 Å². The van der Waals surface area contributed by atoms with Crippen LogP contribution in [0.3, 0.4) is 0 Å². The van der Waals surface area contributed by atoms with Gasteiger partial charge in [-0.2, -0.15) is 0 Å². The molecule has 1 aromatic heterocycles. The fourth-order valence-corrected chi connectivity index (χ4v) is 2.18. The molecule has 1 aromatic carbocycles. The Labute approximate surface area is 150 Å². The predicted octanol–water partition coefficient (Wildman–Crippen LogP) is 2.24. The van der Waals surface area contributed by atoms with Crippen LogP contribution in [0, 0.1) is 0 Å². The number of hydrogen-bond acceptors (Lipinski definition) is 7. The summed E-state index contributed by atoms with van der Waals surface area (Å²) in [6, 6.07) is 7.19. The number of benzene rings is 1. The summed E-state index contributed by atoms with van der Waals surface area (Å²) in [4.78, 5) is 27.7. The third-order valence-electron chi connectivity index (χ3n) is 3.32. The van der Waals surface area contributed by atoms with Crippen LogP contribution in [-0.2, 0) is 9.47 Å². The number of phenolic OH excluding ortho intramolecular Hbond substituents is 1. The molecule has 138 valence electrons. The fourth-order valence-electron chi connectivity index (χ4n) is 2.18. The Morgan fingerprint density at radius 2 is 1.96 bits per heavy atom. The number of rotatable bonds is 7. The van der Waals surface area contributed by atoms with E-state index in [1.807, 2.05) is 0 Å². The average Bonchev–Trinajstić information content (AvgIpc) is 2.61. The maximum absolute atomic E-state index is 12.4. The monoisotopic (exact) mass is 360 g/mol. The van der Waals surface area contributed by atoms with E-state index in [2.05, 4.69) is 15.0 Å². The second-order valence-electron chi connectivity index (χ2n) is 5.48. The molecule has 1 amide bonds. The number of esters is 1. The Hall–Kier alpha value is -3.13. The Kier molecular flexibility index (Phi) is 6.51. The molecule has 0 aliphatic heterocycles. The molecule has 0 aliphatic carbocycles. The second kappa shape index (κ2) is 8.82. The van der Waals surface area contributed by atoms with Gasteiger partial charge >= 0.3 is 5.97 Å². The van der Waals surface area contributed by atoms with Gasteiger partial charge in [-0.25, -0.2) is 9.78 Å². The molecule has 0 unspecified atom stereocenters. The molecule has 8 nitrogen and oxygen atoms in total. The van der Waals surface area contributed by atoms with Gasteiger partial charge in [0.1, 0.15) is 23.4 Å². The molecule has 1 heterocycles. The number of aromatic hydroxyl groups is 1. The molecule has 8 heteroatoms. The van der Waals surface area contributed by atoms with Crippen LogP contribution < -0.4 is 10.1 Å². The summed E-state index contributed by atoms with van der Waals surface area (Å²) >= 11 is 0. The molecule has 0 bridgehead atoms. The highest BCUT2D eigenvalue weighted by Gasteiger charge is 2.13. The minimum Gasteiger partial charge on any atom is -0.508 e. The van der Waals surface area contributed by atoms with Crippen molar-refractivity contribution in [1.82, 2.24) is 4.98 Å². The van der Waals surface area contributed by atoms with Gasteiger partial charge in [-0.05, 0) is 31.2 Å². The maximum Gasteiger partial charge on any atom is 0.339 e. The van der Waals surface area contributed by atoms with E-state index in [-0.39, 0.29) is 28.8 Å². The minimum absolute atomic E-state index is 0.105. The van der Waals surface area contributed by atoms with Crippen molar-refractivity contribution in [2.75, 3.05) is 26.1 Å². The number of amides is 1. The van der Waals surface area contributed by atoms with Crippen LogP contribution in [0.1, 0.15) is 27.6 Å². The Morgan fingerprint density at radius 1 is 1.19 bits per heavy atom. The highest BCUT2D eigenvalue weighted by Crippen LogP contribution is 2.23. The largest absolute Gasteiger partial charge is 0.508 e. The third-order valence-corrected chi connectivity index (χ3v) is 3.32. The summed E-state index contributed by atoms with van der Waals surface area (Å²) in [5.74, 6) is -0.514. The van der Waals surface area contributed by atoms with Crippen LogP contribution in [0.5, 0.6) is 11.5 Å². The summed E-state index contributed by atoms with van der Waals surface area (Å²) < 4.78 is 15.2. The summed E-state index contributed by atoms with van der Waals surface area (Å²) in [6.07, 6.45) is 1.05. The van der Waals surface area contributed by atoms with Crippen molar-refractivity contribution in [1.29, 1.82) is 0 Å². The Balaban J connectivity index is 2.11. The number of ether oxygens (including phenoxy) is 3. The lowest BCUT2D eigenvalue weighted by atomic mass is 10.2. The SMILES string of the molecule is COC[C@H](C)Oc1cc(O)cc(C(=O)Nc2ccc(C(=O)OC)cn2)c1. The molecule has 0 aliphatic rings. The van der Waals surface area contributed by atoms with Gasteiger partial charge in [0.05, 0.1) is 19.3 Å². The lowest BCUT2D eigenvalue weighted by molar-refractivity contribution is 0.0600. The topological polar surface area (TPSA) is 107 Å². The average molecular weight is 360 g/mol. The first-order chi connectivity index (χ1) is 12.4. The fraction of sp³-hybridized carbons (Fsp3) is 0.278. The first-order valence-corrected chi connectivity index (χ1v) is 7.78. The number of carbonyl (C=O) groups excluding carboxylic acids is 2. The zero-order chi connectivity index (χ0) is 19.1. The molecule has 0 fully saturated rings. The lowest BCUT2D eigenvalue weighted by Crippen LogP contribution is -2.18. The molecule has 0 saturated heterocycles. The van der Waals surface area contributed by atoms with E-state index < -0.39 is 11.9 Å². The quantitative estimate of drug-likeness (QED) is 0.729. The summed E-state index contributed by atoms with van der Waals surface area (Å²) in [7, 11) is 2.83. The lowest BCUT2D eigenvalue weighted by Gasteiger charge is -2.15. The van der Waals surface area contributed by atoms with E-state index in [0.29, 0.717) is 12.4 Å².